The molecular formula is C18H22N2O3S2. The Bertz CT molecular complexity index is 768. The maximum Gasteiger partial charge on any atom is 0.341 e. The Labute approximate surface area is 155 Å². The zero-order chi connectivity index (χ0) is 18.0. The van der Waals surface area contributed by atoms with E-state index in [4.69, 9.17) is 4.74 Å². The molecule has 0 aliphatic carbocycles. The quantitative estimate of drug-likeness (QED) is 0.799. The monoisotopic (exact) mass is 378 g/mol. The van der Waals surface area contributed by atoms with Gasteiger partial charge in [0.15, 0.2) is 0 Å². The number of carbonyl (C=O) groups excluding carboxylic acids is 2. The van der Waals surface area contributed by atoms with E-state index in [1.807, 2.05) is 13.8 Å². The van der Waals surface area contributed by atoms with Crippen LogP contribution in [0.4, 0.5) is 5.00 Å². The van der Waals surface area contributed by atoms with Gasteiger partial charge in [-0.2, -0.15) is 0 Å². The van der Waals surface area contributed by atoms with E-state index < -0.39 is 5.97 Å². The van der Waals surface area contributed by atoms with Crippen LogP contribution in [0.5, 0.6) is 0 Å². The minimum absolute atomic E-state index is 0.0881. The highest BCUT2D eigenvalue weighted by Crippen LogP contribution is 2.35. The number of likely N-dealkylation sites (tertiary alicyclic amines) is 1. The molecule has 1 aliphatic rings. The number of amides is 1. The third-order valence-electron chi connectivity index (χ3n) is 4.61. The van der Waals surface area contributed by atoms with E-state index in [0.29, 0.717) is 23.2 Å². The molecule has 0 radical (unpaired) electrons. The van der Waals surface area contributed by atoms with Gasteiger partial charge < -0.3 is 10.1 Å². The number of ether oxygens (including phenoxy) is 1. The van der Waals surface area contributed by atoms with E-state index >= 15 is 0 Å². The maximum atomic E-state index is 12.6. The first-order chi connectivity index (χ1) is 12.0. The van der Waals surface area contributed by atoms with E-state index in [9.17, 15) is 9.59 Å². The molecule has 1 unspecified atom stereocenters. The van der Waals surface area contributed by atoms with Crippen molar-refractivity contribution >= 4 is 39.6 Å². The molecule has 0 bridgehead atoms. The number of hydrogen-bond acceptors (Lipinski definition) is 6. The number of esters is 1. The Morgan fingerprint density at radius 1 is 1.40 bits per heavy atom. The first kappa shape index (κ1) is 18.1. The Kier molecular flexibility index (Phi) is 5.56. The van der Waals surface area contributed by atoms with Gasteiger partial charge in [-0.25, -0.2) is 4.79 Å². The molecule has 134 valence electrons. The summed E-state index contributed by atoms with van der Waals surface area (Å²) in [6, 6.07) is 4.50. The lowest BCUT2D eigenvalue weighted by Gasteiger charge is -2.22. The van der Waals surface area contributed by atoms with Gasteiger partial charge >= 0.3 is 5.97 Å². The van der Waals surface area contributed by atoms with Gasteiger partial charge in [0.05, 0.1) is 19.2 Å². The van der Waals surface area contributed by atoms with Crippen molar-refractivity contribution in [3.05, 3.63) is 38.4 Å². The summed E-state index contributed by atoms with van der Waals surface area (Å²) in [5.74, 6) is -0.496. The van der Waals surface area contributed by atoms with Crippen molar-refractivity contribution in [1.29, 1.82) is 0 Å². The van der Waals surface area contributed by atoms with Gasteiger partial charge in [-0.05, 0) is 50.2 Å². The van der Waals surface area contributed by atoms with Gasteiger partial charge in [-0.3, -0.25) is 9.69 Å². The fraction of sp³-hybridized carbons (Fsp3) is 0.444. The maximum absolute atomic E-state index is 12.6. The molecule has 0 spiro atoms. The van der Waals surface area contributed by atoms with E-state index in [1.165, 1.54) is 23.3 Å². The Morgan fingerprint density at radius 3 is 2.88 bits per heavy atom. The summed E-state index contributed by atoms with van der Waals surface area (Å²) in [4.78, 5) is 29.1. The second-order valence-electron chi connectivity index (χ2n) is 6.17. The summed E-state index contributed by atoms with van der Waals surface area (Å²) in [6.45, 7) is 5.07. The van der Waals surface area contributed by atoms with Crippen LogP contribution >= 0.6 is 22.7 Å². The molecule has 1 atom stereocenters. The standard InChI is InChI=1S/C18H22N2O3S2/c1-11-12(2)25-17(16(11)18(22)23-3)19-15(21)10-20-8-4-6-13(20)14-7-5-9-24-14/h5,7,9,13H,4,6,8,10H2,1-3H3,(H,19,21). The smallest absolute Gasteiger partial charge is 0.341 e. The van der Waals surface area contributed by atoms with Gasteiger partial charge in [0, 0.05) is 15.8 Å². The van der Waals surface area contributed by atoms with Crippen LogP contribution in [0.25, 0.3) is 0 Å². The van der Waals surface area contributed by atoms with Crippen LogP contribution in [0.1, 0.15) is 44.6 Å². The molecule has 1 amide bonds. The van der Waals surface area contributed by atoms with E-state index in [2.05, 4.69) is 27.7 Å². The molecule has 3 heterocycles. The molecule has 7 heteroatoms. The molecule has 3 rings (SSSR count). The van der Waals surface area contributed by atoms with Crippen molar-refractivity contribution in [2.75, 3.05) is 25.5 Å². The number of carbonyl (C=O) groups is 2. The zero-order valence-electron chi connectivity index (χ0n) is 14.6. The Morgan fingerprint density at radius 2 is 2.20 bits per heavy atom. The number of hydrogen-bond donors (Lipinski definition) is 1. The summed E-state index contributed by atoms with van der Waals surface area (Å²) in [7, 11) is 1.36. The predicted molar refractivity (Wildman–Crippen MR) is 102 cm³/mol. The van der Waals surface area contributed by atoms with Gasteiger partial charge in [0.1, 0.15) is 5.00 Å². The van der Waals surface area contributed by atoms with Crippen LogP contribution in [-0.2, 0) is 9.53 Å². The van der Waals surface area contributed by atoms with Crippen molar-refractivity contribution in [1.82, 2.24) is 4.90 Å². The molecular weight excluding hydrogens is 356 g/mol. The third kappa shape index (κ3) is 3.78. The third-order valence-corrected chi connectivity index (χ3v) is 6.71. The van der Waals surface area contributed by atoms with Crippen LogP contribution in [0, 0.1) is 13.8 Å². The highest BCUT2D eigenvalue weighted by atomic mass is 32.1. The van der Waals surface area contributed by atoms with Crippen molar-refractivity contribution in [2.24, 2.45) is 0 Å². The number of methoxy groups -OCH3 is 1. The lowest BCUT2D eigenvalue weighted by Crippen LogP contribution is -2.32. The van der Waals surface area contributed by atoms with Crippen LogP contribution < -0.4 is 5.32 Å². The number of aryl methyl sites for hydroxylation is 1. The summed E-state index contributed by atoms with van der Waals surface area (Å²) in [6.07, 6.45) is 2.18. The van der Waals surface area contributed by atoms with Crippen LogP contribution in [0.2, 0.25) is 0 Å². The highest BCUT2D eigenvalue weighted by molar-refractivity contribution is 7.16. The second kappa shape index (κ2) is 7.68. The summed E-state index contributed by atoms with van der Waals surface area (Å²) >= 11 is 3.16. The van der Waals surface area contributed by atoms with E-state index in [1.54, 1.807) is 11.3 Å². The highest BCUT2D eigenvalue weighted by Gasteiger charge is 2.29. The largest absolute Gasteiger partial charge is 0.465 e. The first-order valence-electron chi connectivity index (χ1n) is 8.27. The lowest BCUT2D eigenvalue weighted by atomic mass is 10.1. The number of nitrogens with one attached hydrogen (secondary N) is 1. The summed E-state index contributed by atoms with van der Waals surface area (Å²) < 4.78 is 4.86. The molecule has 25 heavy (non-hydrogen) atoms. The average Bonchev–Trinajstić information content (AvgIpc) is 3.29. The Balaban J connectivity index is 1.71. The first-order valence-corrected chi connectivity index (χ1v) is 9.96. The van der Waals surface area contributed by atoms with Crippen LogP contribution in [-0.4, -0.2) is 37.0 Å². The molecule has 1 fully saturated rings. The molecule has 2 aromatic rings. The molecule has 0 saturated carbocycles. The number of thiophene rings is 2. The van der Waals surface area contributed by atoms with Gasteiger partial charge in [-0.1, -0.05) is 6.07 Å². The summed E-state index contributed by atoms with van der Waals surface area (Å²) in [5.41, 5.74) is 1.33. The van der Waals surface area contributed by atoms with Gasteiger partial charge in [0.2, 0.25) is 5.91 Å². The van der Waals surface area contributed by atoms with Gasteiger partial charge in [0.25, 0.3) is 0 Å². The number of anilines is 1. The van der Waals surface area contributed by atoms with Crippen LogP contribution in [0.15, 0.2) is 17.5 Å². The molecule has 1 aliphatic heterocycles. The van der Waals surface area contributed by atoms with Crippen molar-refractivity contribution in [2.45, 2.75) is 32.7 Å². The normalized spacial score (nSPS) is 17.6. The minimum Gasteiger partial charge on any atom is -0.465 e. The zero-order valence-corrected chi connectivity index (χ0v) is 16.3. The predicted octanol–water partition coefficient (Wildman–Crippen LogP) is 3.99. The van der Waals surface area contributed by atoms with Crippen molar-refractivity contribution in [3.63, 3.8) is 0 Å². The molecule has 1 N–H and O–H groups in total. The average molecular weight is 379 g/mol. The topological polar surface area (TPSA) is 58.6 Å². The summed E-state index contributed by atoms with van der Waals surface area (Å²) in [5, 5.41) is 5.58. The fourth-order valence-electron chi connectivity index (χ4n) is 3.23. The van der Waals surface area contributed by atoms with E-state index in [-0.39, 0.29) is 5.91 Å². The van der Waals surface area contributed by atoms with Crippen molar-refractivity contribution in [3.8, 4) is 0 Å². The van der Waals surface area contributed by atoms with Gasteiger partial charge in [-0.15, -0.1) is 22.7 Å². The lowest BCUT2D eigenvalue weighted by molar-refractivity contribution is -0.117. The molecule has 0 aromatic carbocycles. The number of nitrogens with zero attached hydrogens (tertiary/aromatic N) is 1. The number of rotatable bonds is 5. The Hall–Kier alpha value is -1.70. The van der Waals surface area contributed by atoms with Crippen LogP contribution in [0.3, 0.4) is 0 Å². The SMILES string of the molecule is COC(=O)c1c(NC(=O)CN2CCCC2c2cccs2)sc(C)c1C. The van der Waals surface area contributed by atoms with E-state index in [0.717, 1.165) is 29.8 Å². The van der Waals surface area contributed by atoms with Crippen molar-refractivity contribution < 1.29 is 14.3 Å². The molecule has 2 aromatic heterocycles. The minimum atomic E-state index is -0.408. The molecule has 1 saturated heterocycles. The molecule has 5 nitrogen and oxygen atoms in total. The fourth-order valence-corrected chi connectivity index (χ4v) is 5.19. The second-order valence-corrected chi connectivity index (χ2v) is 8.38.